The molecule has 0 N–H and O–H groups in total. The van der Waals surface area contributed by atoms with Crippen molar-refractivity contribution in [3.8, 4) is 106 Å². The van der Waals surface area contributed by atoms with Gasteiger partial charge in [-0.15, -0.1) is 0 Å². The molecule has 0 fully saturated rings. The number of hydrogen-bond acceptors (Lipinski definition) is 0. The van der Waals surface area contributed by atoms with Crippen LogP contribution in [0, 0.1) is 0 Å². The summed E-state index contributed by atoms with van der Waals surface area (Å²) in [6, 6.07) is 146. The summed E-state index contributed by atoms with van der Waals surface area (Å²) in [7, 11) is 0. The van der Waals surface area contributed by atoms with Crippen LogP contribution < -0.4 is 0 Å². The minimum Gasteiger partial charge on any atom is -0.309 e. The lowest BCUT2D eigenvalue weighted by atomic mass is 9.86. The van der Waals surface area contributed by atoms with Crippen LogP contribution in [-0.4, -0.2) is 4.57 Å². The van der Waals surface area contributed by atoms with Crippen molar-refractivity contribution in [2.24, 2.45) is 0 Å². The van der Waals surface area contributed by atoms with Crippen molar-refractivity contribution in [2.75, 3.05) is 0 Å². The second-order valence-corrected chi connectivity index (χ2v) is 30.9. The lowest BCUT2D eigenvalue weighted by Crippen LogP contribution is -2.00. The van der Waals surface area contributed by atoms with Gasteiger partial charge in [0.05, 0.1) is 11.0 Å². The molecular weight excluding hydrogens is 1320 g/mol. The van der Waals surface area contributed by atoms with E-state index in [2.05, 4.69) is 393 Å². The molecule has 0 radical (unpaired) electrons. The largest absolute Gasteiger partial charge is 0.309 e. The molecule has 512 valence electrons. The Morgan fingerprint density at radius 2 is 0.555 bits per heavy atom. The van der Waals surface area contributed by atoms with Crippen molar-refractivity contribution >= 4 is 43.4 Å². The molecule has 0 saturated heterocycles. The Balaban J connectivity index is 0.000000132. The maximum absolute atomic E-state index is 2.52. The summed E-state index contributed by atoms with van der Waals surface area (Å²) in [6.07, 6.45) is 1.96. The molecule has 5 aliphatic carbocycles. The van der Waals surface area contributed by atoms with Crippen molar-refractivity contribution in [2.45, 2.75) is 30.6 Å². The summed E-state index contributed by atoms with van der Waals surface area (Å²) in [5, 5.41) is 7.72. The van der Waals surface area contributed by atoms with Crippen LogP contribution in [-0.2, 0) is 12.8 Å². The third-order valence-corrected chi connectivity index (χ3v) is 24.9. The molecular formula is C109H71N. The third kappa shape index (κ3) is 10.0. The molecule has 0 amide bonds. The van der Waals surface area contributed by atoms with E-state index >= 15 is 0 Å². The first-order valence-corrected chi connectivity index (χ1v) is 38.8. The fourth-order valence-corrected chi connectivity index (χ4v) is 19.7. The summed E-state index contributed by atoms with van der Waals surface area (Å²) < 4.78 is 2.47. The van der Waals surface area contributed by atoms with E-state index in [-0.39, 0.29) is 17.8 Å². The Morgan fingerprint density at radius 3 is 1.10 bits per heavy atom. The predicted molar refractivity (Wildman–Crippen MR) is 459 cm³/mol. The summed E-state index contributed by atoms with van der Waals surface area (Å²) in [5.74, 6) is 0.608. The Labute approximate surface area is 640 Å². The number of aromatic nitrogens is 1. The smallest absolute Gasteiger partial charge is 0.0544 e. The SMILES string of the molecule is c1ccc(-c2ccc(-n3c4ccc(-c5ccc6c(c5)-c5ccccc5C6c5ccc6ccccc6c5)cc4c4cc5c(cc43)Cc3ccccc3-5)cc2)cc1.c1ccc(-c2ccc(C3c4ccc(-c5ccc6c(c5)-c5ccccc5C6c5ccc6ccccc6c5)cc4-c4cc5c(cc43)-c3ccccc3C5)cc2)cc1. The lowest BCUT2D eigenvalue weighted by molar-refractivity contribution is 1.01. The molecule has 0 aliphatic heterocycles. The van der Waals surface area contributed by atoms with Crippen LogP contribution in [0.5, 0.6) is 0 Å². The van der Waals surface area contributed by atoms with E-state index in [0.29, 0.717) is 0 Å². The molecule has 1 aromatic heterocycles. The number of benzene rings is 18. The molecule has 0 spiro atoms. The molecule has 5 aliphatic rings. The van der Waals surface area contributed by atoms with Gasteiger partial charge in [0.15, 0.2) is 0 Å². The molecule has 3 atom stereocenters. The van der Waals surface area contributed by atoms with Crippen LogP contribution in [0.3, 0.4) is 0 Å². The average Bonchev–Trinajstić information content (AvgIpc) is 1.57. The highest BCUT2D eigenvalue weighted by Gasteiger charge is 2.36. The van der Waals surface area contributed by atoms with Crippen LogP contribution >= 0.6 is 0 Å². The second-order valence-electron chi connectivity index (χ2n) is 30.9. The fourth-order valence-electron chi connectivity index (χ4n) is 19.7. The number of fused-ring (bicyclic) bond motifs is 20. The Hall–Kier alpha value is -13.7. The third-order valence-electron chi connectivity index (χ3n) is 24.9. The molecule has 1 heterocycles. The first kappa shape index (κ1) is 62.5. The van der Waals surface area contributed by atoms with Gasteiger partial charge in [-0.1, -0.05) is 322 Å². The Kier molecular flexibility index (Phi) is 14.2. The number of rotatable bonds is 8. The summed E-state index contributed by atoms with van der Waals surface area (Å²) in [5.41, 5.74) is 45.3. The Morgan fingerprint density at radius 1 is 0.182 bits per heavy atom. The molecule has 19 aromatic rings. The predicted octanol–water partition coefficient (Wildman–Crippen LogP) is 28.1. The molecule has 110 heavy (non-hydrogen) atoms. The van der Waals surface area contributed by atoms with E-state index in [1.165, 1.54) is 222 Å². The summed E-state index contributed by atoms with van der Waals surface area (Å²) in [4.78, 5) is 0. The van der Waals surface area contributed by atoms with E-state index < -0.39 is 0 Å². The zero-order valence-corrected chi connectivity index (χ0v) is 60.5. The fraction of sp³-hybridized carbons (Fsp3) is 0.0459. The zero-order valence-electron chi connectivity index (χ0n) is 60.5. The minimum atomic E-state index is 0.177. The maximum Gasteiger partial charge on any atom is 0.0544 e. The van der Waals surface area contributed by atoms with Gasteiger partial charge in [0, 0.05) is 34.2 Å². The highest BCUT2D eigenvalue weighted by molar-refractivity contribution is 6.13. The highest BCUT2D eigenvalue weighted by atomic mass is 15.0. The van der Waals surface area contributed by atoms with Crippen LogP contribution in [0.4, 0.5) is 0 Å². The van der Waals surface area contributed by atoms with Gasteiger partial charge >= 0.3 is 0 Å². The molecule has 0 saturated carbocycles. The van der Waals surface area contributed by atoms with Gasteiger partial charge in [-0.2, -0.15) is 0 Å². The van der Waals surface area contributed by atoms with Crippen molar-refractivity contribution in [1.29, 1.82) is 0 Å². The molecule has 3 unspecified atom stereocenters. The first-order valence-electron chi connectivity index (χ1n) is 38.8. The topological polar surface area (TPSA) is 4.93 Å². The zero-order chi connectivity index (χ0) is 72.1. The molecule has 1 heteroatoms. The molecule has 24 rings (SSSR count). The lowest BCUT2D eigenvalue weighted by Gasteiger charge is -2.17. The van der Waals surface area contributed by atoms with Gasteiger partial charge in [0.25, 0.3) is 0 Å². The Bertz CT molecular complexity index is 7010. The van der Waals surface area contributed by atoms with Gasteiger partial charge < -0.3 is 4.57 Å². The van der Waals surface area contributed by atoms with Gasteiger partial charge in [0.1, 0.15) is 0 Å². The molecule has 1 nitrogen and oxygen atoms in total. The van der Waals surface area contributed by atoms with E-state index in [1.807, 2.05) is 0 Å². The van der Waals surface area contributed by atoms with Gasteiger partial charge in [-0.3, -0.25) is 0 Å². The highest BCUT2D eigenvalue weighted by Crippen LogP contribution is 2.56. The maximum atomic E-state index is 2.52. The first-order chi connectivity index (χ1) is 54.5. The van der Waals surface area contributed by atoms with E-state index in [4.69, 9.17) is 0 Å². The van der Waals surface area contributed by atoms with Crippen molar-refractivity contribution in [3.05, 3.63) is 461 Å². The van der Waals surface area contributed by atoms with E-state index in [1.54, 1.807) is 0 Å². The van der Waals surface area contributed by atoms with Gasteiger partial charge in [-0.05, 0) is 274 Å². The summed E-state index contributed by atoms with van der Waals surface area (Å²) in [6.45, 7) is 0. The van der Waals surface area contributed by atoms with Crippen molar-refractivity contribution in [1.82, 2.24) is 4.57 Å². The van der Waals surface area contributed by atoms with Gasteiger partial charge in [0.2, 0.25) is 0 Å². The molecule has 18 aromatic carbocycles. The van der Waals surface area contributed by atoms with Crippen molar-refractivity contribution in [3.63, 3.8) is 0 Å². The number of nitrogens with zero attached hydrogens (tertiary/aromatic N) is 1. The average molecular weight is 1390 g/mol. The van der Waals surface area contributed by atoms with Gasteiger partial charge in [-0.25, -0.2) is 0 Å². The van der Waals surface area contributed by atoms with Crippen LogP contribution in [0.1, 0.15) is 90.1 Å². The van der Waals surface area contributed by atoms with Crippen molar-refractivity contribution < 1.29 is 0 Å². The normalized spacial score (nSPS) is 14.7. The number of hydrogen-bond donors (Lipinski definition) is 0. The second kappa shape index (κ2) is 24.9. The monoisotopic (exact) mass is 1390 g/mol. The minimum absolute atomic E-state index is 0.177. The summed E-state index contributed by atoms with van der Waals surface area (Å²) >= 11 is 0. The standard InChI is InChI=1S/C55H36.C54H35N/c1-2-10-34(11-3-1)36-18-21-37(22-19-36)54-48-27-25-40(31-51(48)52-32-43-29-41-14-6-7-15-44(41)49(43)33-53(52)54)39-24-26-47-50(30-39)45-16-8-9-17-46(45)55(47)42-23-20-35-12-4-5-13-38(35)28-42;1-2-10-34(11-3-1)36-20-24-43(25-21-36)55-52-27-23-39(31-50(52)51-33-48-42(32-53(51)55)29-40-14-6-7-15-44(40)48)38-22-26-47-49(30-38)45-16-8-9-17-46(45)54(47)41-19-18-35-12-4-5-13-37(35)28-41/h1-28,30-33,54-55H,29H2;1-28,30-33,54H,29H2. The van der Waals surface area contributed by atoms with E-state index in [9.17, 15) is 0 Å². The van der Waals surface area contributed by atoms with E-state index in [0.717, 1.165) is 12.8 Å². The molecule has 0 bridgehead atoms. The van der Waals surface area contributed by atoms with Crippen LogP contribution in [0.15, 0.2) is 388 Å². The van der Waals surface area contributed by atoms with Crippen LogP contribution in [0.25, 0.3) is 149 Å². The quantitative estimate of drug-likeness (QED) is 0.143. The van der Waals surface area contributed by atoms with Crippen LogP contribution in [0.2, 0.25) is 0 Å².